The van der Waals surface area contributed by atoms with Gasteiger partial charge in [-0.25, -0.2) is 9.97 Å². The maximum atomic E-state index is 10.7. The summed E-state index contributed by atoms with van der Waals surface area (Å²) in [6.45, 7) is 1.68. The molecule has 1 aromatic rings. The van der Waals surface area contributed by atoms with Crippen LogP contribution in [-0.4, -0.2) is 26.0 Å². The normalized spacial score (nSPS) is 12.1. The van der Waals surface area contributed by atoms with Gasteiger partial charge in [-0.15, -0.1) is 0 Å². The summed E-state index contributed by atoms with van der Waals surface area (Å²) in [4.78, 5) is 27.7. The average molecular weight is 211 g/mol. The molecule has 0 aromatic carbocycles. The average Bonchev–Trinajstić information content (AvgIpc) is 2.19. The molecule has 15 heavy (non-hydrogen) atoms. The van der Waals surface area contributed by atoms with E-state index in [1.54, 1.807) is 6.92 Å². The molecule has 7 heteroatoms. The van der Waals surface area contributed by atoms with Crippen LogP contribution in [0.2, 0.25) is 0 Å². The highest BCUT2D eigenvalue weighted by atomic mass is 16.6. The van der Waals surface area contributed by atoms with Gasteiger partial charge in [0, 0.05) is 0 Å². The number of hydrogen-bond donors (Lipinski definition) is 1. The third kappa shape index (κ3) is 2.46. The molecule has 7 nitrogen and oxygen atoms in total. The van der Waals surface area contributed by atoms with Crippen LogP contribution in [0.1, 0.15) is 25.1 Å². The first-order chi connectivity index (χ1) is 7.06. The third-order valence-corrected chi connectivity index (χ3v) is 1.89. The van der Waals surface area contributed by atoms with Crippen LogP contribution in [0, 0.1) is 10.1 Å². The van der Waals surface area contributed by atoms with Gasteiger partial charge in [-0.1, -0.05) is 6.92 Å². The van der Waals surface area contributed by atoms with Crippen LogP contribution in [0.15, 0.2) is 12.4 Å². The first-order valence-corrected chi connectivity index (χ1v) is 4.25. The van der Waals surface area contributed by atoms with Crippen molar-refractivity contribution in [2.75, 3.05) is 0 Å². The number of carboxylic acid groups (broad SMARTS) is 1. The monoisotopic (exact) mass is 211 g/mol. The number of rotatable bonds is 4. The van der Waals surface area contributed by atoms with Gasteiger partial charge in [0.15, 0.2) is 0 Å². The van der Waals surface area contributed by atoms with Gasteiger partial charge in [-0.05, 0) is 6.42 Å². The molecule has 1 aromatic heterocycles. The third-order valence-electron chi connectivity index (χ3n) is 1.89. The van der Waals surface area contributed by atoms with E-state index in [4.69, 9.17) is 5.11 Å². The van der Waals surface area contributed by atoms with Crippen molar-refractivity contribution in [2.45, 2.75) is 19.3 Å². The number of aliphatic carboxylic acids is 1. The Kier molecular flexibility index (Phi) is 3.27. The minimum absolute atomic E-state index is 0.0931. The fraction of sp³-hybridized carbons (Fsp3) is 0.375. The van der Waals surface area contributed by atoms with Gasteiger partial charge in [0.25, 0.3) is 0 Å². The van der Waals surface area contributed by atoms with E-state index >= 15 is 0 Å². The second kappa shape index (κ2) is 4.45. The summed E-state index contributed by atoms with van der Waals surface area (Å²) >= 11 is 0. The first-order valence-electron chi connectivity index (χ1n) is 4.25. The van der Waals surface area contributed by atoms with Crippen LogP contribution >= 0.6 is 0 Å². The largest absolute Gasteiger partial charge is 0.481 e. The minimum Gasteiger partial charge on any atom is -0.481 e. The van der Waals surface area contributed by atoms with E-state index in [0.717, 1.165) is 12.4 Å². The highest BCUT2D eigenvalue weighted by Gasteiger charge is 2.21. The second-order valence-electron chi connectivity index (χ2n) is 2.86. The highest BCUT2D eigenvalue weighted by molar-refractivity contribution is 5.74. The molecule has 0 fully saturated rings. The Balaban J connectivity index is 2.97. The van der Waals surface area contributed by atoms with Crippen LogP contribution in [0.25, 0.3) is 0 Å². The highest BCUT2D eigenvalue weighted by Crippen LogP contribution is 2.16. The van der Waals surface area contributed by atoms with Crippen LogP contribution in [-0.2, 0) is 4.79 Å². The Morgan fingerprint density at radius 1 is 1.60 bits per heavy atom. The summed E-state index contributed by atoms with van der Waals surface area (Å²) in [7, 11) is 0. The number of aromatic nitrogens is 2. The molecule has 80 valence electrons. The van der Waals surface area contributed by atoms with Gasteiger partial charge < -0.3 is 5.11 Å². The number of hydrogen-bond acceptors (Lipinski definition) is 5. The van der Waals surface area contributed by atoms with E-state index in [0.29, 0.717) is 6.42 Å². The maximum absolute atomic E-state index is 10.7. The van der Waals surface area contributed by atoms with Gasteiger partial charge in [0.1, 0.15) is 24.1 Å². The molecule has 0 saturated carbocycles. The summed E-state index contributed by atoms with van der Waals surface area (Å²) < 4.78 is 0. The van der Waals surface area contributed by atoms with Crippen molar-refractivity contribution >= 4 is 11.7 Å². The standard InChI is InChI=1S/C8H9N3O4/c1-2-6(8(12)13)7-9-3-5(4-10-7)11(14)15/h3-4,6H,2H2,1H3,(H,12,13). The summed E-state index contributed by atoms with van der Waals surface area (Å²) in [6.07, 6.45) is 2.36. The van der Waals surface area contributed by atoms with Crippen molar-refractivity contribution < 1.29 is 14.8 Å². The van der Waals surface area contributed by atoms with Crippen LogP contribution in [0.4, 0.5) is 5.69 Å². The molecule has 1 N–H and O–H groups in total. The number of nitro groups is 1. The summed E-state index contributed by atoms with van der Waals surface area (Å²) in [5.41, 5.74) is -0.251. The summed E-state index contributed by atoms with van der Waals surface area (Å²) in [5.74, 6) is -1.76. The minimum atomic E-state index is -1.04. The zero-order valence-electron chi connectivity index (χ0n) is 7.95. The zero-order valence-corrected chi connectivity index (χ0v) is 7.95. The molecule has 0 spiro atoms. The molecule has 1 atom stereocenters. The second-order valence-corrected chi connectivity index (χ2v) is 2.86. The molecule has 0 aliphatic heterocycles. The molecule has 1 rings (SSSR count). The van der Waals surface area contributed by atoms with Crippen LogP contribution in [0.3, 0.4) is 0 Å². The zero-order chi connectivity index (χ0) is 11.4. The fourth-order valence-electron chi connectivity index (χ4n) is 1.07. The van der Waals surface area contributed by atoms with Gasteiger partial charge in [-0.2, -0.15) is 0 Å². The Morgan fingerprint density at radius 2 is 2.13 bits per heavy atom. The fourth-order valence-corrected chi connectivity index (χ4v) is 1.07. The van der Waals surface area contributed by atoms with Crippen molar-refractivity contribution in [3.8, 4) is 0 Å². The molecule has 0 radical (unpaired) electrons. The van der Waals surface area contributed by atoms with Crippen molar-refractivity contribution in [1.29, 1.82) is 0 Å². The Morgan fingerprint density at radius 3 is 2.47 bits per heavy atom. The Hall–Kier alpha value is -2.05. The van der Waals surface area contributed by atoms with E-state index in [2.05, 4.69) is 9.97 Å². The number of carboxylic acids is 1. The van der Waals surface area contributed by atoms with E-state index in [1.165, 1.54) is 0 Å². The number of carbonyl (C=O) groups is 1. The summed E-state index contributed by atoms with van der Waals surface area (Å²) in [6, 6.07) is 0. The quantitative estimate of drug-likeness (QED) is 0.587. The molecule has 0 amide bonds. The van der Waals surface area contributed by atoms with Gasteiger partial charge in [-0.3, -0.25) is 14.9 Å². The lowest BCUT2D eigenvalue weighted by atomic mass is 10.1. The molecule has 0 saturated heterocycles. The van der Waals surface area contributed by atoms with Crippen LogP contribution < -0.4 is 0 Å². The topological polar surface area (TPSA) is 106 Å². The van der Waals surface area contributed by atoms with Crippen molar-refractivity contribution in [2.24, 2.45) is 0 Å². The molecule has 0 aliphatic carbocycles. The lowest BCUT2D eigenvalue weighted by Crippen LogP contribution is -2.13. The number of nitrogens with zero attached hydrogens (tertiary/aromatic N) is 3. The van der Waals surface area contributed by atoms with Crippen molar-refractivity contribution in [3.63, 3.8) is 0 Å². The van der Waals surface area contributed by atoms with E-state index in [9.17, 15) is 14.9 Å². The Labute approximate surface area is 84.9 Å². The molecule has 0 aliphatic rings. The van der Waals surface area contributed by atoms with Crippen molar-refractivity contribution in [1.82, 2.24) is 9.97 Å². The van der Waals surface area contributed by atoms with E-state index in [1.807, 2.05) is 0 Å². The van der Waals surface area contributed by atoms with E-state index < -0.39 is 16.8 Å². The first kappa shape index (κ1) is 11.0. The maximum Gasteiger partial charge on any atom is 0.314 e. The molecule has 0 bridgehead atoms. The van der Waals surface area contributed by atoms with E-state index in [-0.39, 0.29) is 11.5 Å². The molecule has 1 unspecified atom stereocenters. The smallest absolute Gasteiger partial charge is 0.314 e. The van der Waals surface area contributed by atoms with Crippen molar-refractivity contribution in [3.05, 3.63) is 28.3 Å². The lowest BCUT2D eigenvalue weighted by molar-refractivity contribution is -0.385. The molecule has 1 heterocycles. The van der Waals surface area contributed by atoms with Gasteiger partial charge in [0.05, 0.1) is 4.92 Å². The van der Waals surface area contributed by atoms with Gasteiger partial charge >= 0.3 is 11.7 Å². The van der Waals surface area contributed by atoms with Gasteiger partial charge in [0.2, 0.25) is 0 Å². The Bertz CT molecular complexity index is 376. The predicted molar refractivity (Wildman–Crippen MR) is 49.4 cm³/mol. The predicted octanol–water partition coefficient (Wildman–Crippen LogP) is 0.963. The SMILES string of the molecule is CCC(C(=O)O)c1ncc([N+](=O)[O-])cn1. The van der Waals surface area contributed by atoms with Crippen LogP contribution in [0.5, 0.6) is 0 Å². The molecular formula is C8H9N3O4. The lowest BCUT2D eigenvalue weighted by Gasteiger charge is -2.06. The molecular weight excluding hydrogens is 202 g/mol. The summed E-state index contributed by atoms with van der Waals surface area (Å²) in [5, 5.41) is 19.1.